The van der Waals surface area contributed by atoms with E-state index in [0.29, 0.717) is 16.8 Å². The van der Waals surface area contributed by atoms with Gasteiger partial charge in [0.1, 0.15) is 10.8 Å². The van der Waals surface area contributed by atoms with E-state index >= 15 is 0 Å². The van der Waals surface area contributed by atoms with Gasteiger partial charge in [-0.05, 0) is 60.9 Å². The Morgan fingerprint density at radius 2 is 2.00 bits per heavy atom. The van der Waals surface area contributed by atoms with Gasteiger partial charge in [-0.25, -0.2) is 0 Å². The summed E-state index contributed by atoms with van der Waals surface area (Å²) in [4.78, 5) is 13.9. The molecule has 1 N–H and O–H groups in total. The first-order valence-corrected chi connectivity index (χ1v) is 12.0. The molecule has 3 aromatic rings. The van der Waals surface area contributed by atoms with E-state index in [1.165, 1.54) is 5.56 Å². The molecule has 6 nitrogen and oxygen atoms in total. The van der Waals surface area contributed by atoms with Crippen molar-refractivity contribution in [2.24, 2.45) is 4.99 Å². The van der Waals surface area contributed by atoms with Crippen LogP contribution in [0.5, 0.6) is 5.75 Å². The van der Waals surface area contributed by atoms with Crippen molar-refractivity contribution in [2.45, 2.75) is 33.0 Å². The van der Waals surface area contributed by atoms with Crippen molar-refractivity contribution in [3.8, 4) is 5.75 Å². The number of ether oxygens (including phenoxy) is 1. The summed E-state index contributed by atoms with van der Waals surface area (Å²) in [6, 6.07) is 10.6. The Bertz CT molecular complexity index is 1300. The number of allylic oxidation sites excluding steroid dienone is 1. The van der Waals surface area contributed by atoms with Gasteiger partial charge in [0.05, 0.1) is 31.5 Å². The molecular weight excluding hydrogens is 448 g/mol. The fourth-order valence-corrected chi connectivity index (χ4v) is 5.06. The number of pyridine rings is 1. The highest BCUT2D eigenvalue weighted by molar-refractivity contribution is 6.35. The average molecular weight is 477 g/mol. The molecule has 176 valence electrons. The van der Waals surface area contributed by atoms with Crippen molar-refractivity contribution in [3.05, 3.63) is 64.3 Å². The Morgan fingerprint density at radius 1 is 1.15 bits per heavy atom. The second kappa shape index (κ2) is 9.37. The monoisotopic (exact) mass is 476 g/mol. The molecule has 0 atom stereocenters. The number of aliphatic imine (C=N–C) groups is 1. The smallest absolute Gasteiger partial charge is 0.139 e. The van der Waals surface area contributed by atoms with Gasteiger partial charge in [0.15, 0.2) is 0 Å². The van der Waals surface area contributed by atoms with E-state index in [4.69, 9.17) is 21.3 Å². The fraction of sp³-hybridized carbons (Fsp3) is 0.333. The van der Waals surface area contributed by atoms with E-state index in [0.717, 1.165) is 65.2 Å². The molecule has 5 rings (SSSR count). The van der Waals surface area contributed by atoms with E-state index in [9.17, 15) is 5.11 Å². The van der Waals surface area contributed by atoms with Crippen LogP contribution in [0.15, 0.2) is 47.6 Å². The molecule has 2 aromatic carbocycles. The van der Waals surface area contributed by atoms with Crippen LogP contribution in [0.4, 0.5) is 11.4 Å². The fourth-order valence-electron chi connectivity index (χ4n) is 4.77. The number of anilines is 2. The summed E-state index contributed by atoms with van der Waals surface area (Å²) in [5.74, 6) is 0.562. The number of methoxy groups -OCH3 is 1. The number of hydrogen-bond donors (Lipinski definition) is 1. The van der Waals surface area contributed by atoms with Gasteiger partial charge in [-0.2, -0.15) is 0 Å². The molecule has 34 heavy (non-hydrogen) atoms. The number of fused-ring (bicyclic) bond motifs is 3. The highest BCUT2D eigenvalue weighted by atomic mass is 35.5. The van der Waals surface area contributed by atoms with Crippen molar-refractivity contribution in [1.82, 2.24) is 9.88 Å². The second-order valence-corrected chi connectivity index (χ2v) is 9.39. The number of hydrogen-bond acceptors (Lipinski definition) is 6. The normalized spacial score (nSPS) is 16.2. The van der Waals surface area contributed by atoms with E-state index in [1.54, 1.807) is 13.2 Å². The van der Waals surface area contributed by atoms with E-state index in [-0.39, 0.29) is 6.61 Å². The van der Waals surface area contributed by atoms with Crippen LogP contribution in [0.3, 0.4) is 0 Å². The molecule has 0 unspecified atom stereocenters. The first-order valence-electron chi connectivity index (χ1n) is 11.6. The lowest BCUT2D eigenvalue weighted by Gasteiger charge is -2.28. The lowest BCUT2D eigenvalue weighted by Crippen LogP contribution is -2.34. The molecule has 0 saturated carbocycles. The van der Waals surface area contributed by atoms with Gasteiger partial charge in [-0.15, -0.1) is 0 Å². The second-order valence-electron chi connectivity index (χ2n) is 9.01. The van der Waals surface area contributed by atoms with Gasteiger partial charge in [-0.3, -0.25) is 14.9 Å². The van der Waals surface area contributed by atoms with Crippen molar-refractivity contribution < 1.29 is 9.84 Å². The lowest BCUT2D eigenvalue weighted by atomic mass is 10.0. The lowest BCUT2D eigenvalue weighted by molar-refractivity contribution is 0.224. The van der Waals surface area contributed by atoms with Crippen molar-refractivity contribution in [2.75, 3.05) is 31.6 Å². The van der Waals surface area contributed by atoms with Crippen LogP contribution in [-0.2, 0) is 13.2 Å². The van der Waals surface area contributed by atoms with Gasteiger partial charge in [0.2, 0.25) is 0 Å². The topological polar surface area (TPSA) is 61.2 Å². The van der Waals surface area contributed by atoms with Crippen LogP contribution in [0, 0.1) is 0 Å². The van der Waals surface area contributed by atoms with Gasteiger partial charge in [-0.1, -0.05) is 17.7 Å². The summed E-state index contributed by atoms with van der Waals surface area (Å²) in [5, 5.41) is 11.5. The summed E-state index contributed by atoms with van der Waals surface area (Å²) < 4.78 is 5.53. The molecule has 2 aliphatic heterocycles. The molecular formula is C27H29ClN4O2. The van der Waals surface area contributed by atoms with E-state index < -0.39 is 0 Å². The highest BCUT2D eigenvalue weighted by Crippen LogP contribution is 2.43. The summed E-state index contributed by atoms with van der Waals surface area (Å²) in [6.07, 6.45) is 5.98. The Kier molecular flexibility index (Phi) is 6.30. The third-order valence-corrected chi connectivity index (χ3v) is 7.08. The van der Waals surface area contributed by atoms with Crippen LogP contribution in [0.1, 0.15) is 30.5 Å². The van der Waals surface area contributed by atoms with E-state index in [1.807, 2.05) is 18.5 Å². The number of rotatable bonds is 5. The maximum atomic E-state index is 9.86. The number of nitrogens with zero attached hydrogens (tertiary/aromatic N) is 4. The maximum absolute atomic E-state index is 9.86. The maximum Gasteiger partial charge on any atom is 0.139 e. The van der Waals surface area contributed by atoms with Gasteiger partial charge < -0.3 is 14.7 Å². The molecule has 2 aliphatic rings. The molecule has 0 aliphatic carbocycles. The van der Waals surface area contributed by atoms with Crippen molar-refractivity contribution >= 4 is 45.7 Å². The highest BCUT2D eigenvalue weighted by Gasteiger charge is 2.27. The minimum absolute atomic E-state index is 0.0823. The molecule has 0 fully saturated rings. The standard InChI is InChI=1S/C27H29ClN4O2/c1-17(2)31-8-9-32(25-10-18(16-33)11-26(34-3)27(25)28)24-5-4-23-21(22(24)15-31)12-20(14-30-23)19-6-7-29-13-19/h4-6,10-14,17,33H,7-9,15-16H2,1-3H3. The van der Waals surface area contributed by atoms with Crippen LogP contribution < -0.4 is 9.64 Å². The summed E-state index contributed by atoms with van der Waals surface area (Å²) in [7, 11) is 1.60. The molecule has 0 bridgehead atoms. The molecule has 0 saturated heterocycles. The SMILES string of the molecule is COc1cc(CO)cc(N2CCN(C(C)C)Cc3c2ccc2ncc(C4=CCN=C4)cc32)c1Cl. The van der Waals surface area contributed by atoms with Crippen LogP contribution >= 0.6 is 11.6 Å². The molecule has 7 heteroatoms. The number of halogens is 1. The zero-order valence-electron chi connectivity index (χ0n) is 19.8. The van der Waals surface area contributed by atoms with E-state index in [2.05, 4.69) is 52.9 Å². The van der Waals surface area contributed by atoms with Gasteiger partial charge in [0, 0.05) is 54.7 Å². The molecule has 3 heterocycles. The Morgan fingerprint density at radius 3 is 2.71 bits per heavy atom. The van der Waals surface area contributed by atoms with Gasteiger partial charge in [0.25, 0.3) is 0 Å². The number of benzene rings is 2. The predicted octanol–water partition coefficient (Wildman–Crippen LogP) is 5.22. The van der Waals surface area contributed by atoms with Crippen LogP contribution in [0.25, 0.3) is 16.5 Å². The zero-order valence-corrected chi connectivity index (χ0v) is 20.5. The predicted molar refractivity (Wildman–Crippen MR) is 140 cm³/mol. The third kappa shape index (κ3) is 4.06. The van der Waals surface area contributed by atoms with Crippen LogP contribution in [0.2, 0.25) is 5.02 Å². The minimum atomic E-state index is -0.0823. The largest absolute Gasteiger partial charge is 0.495 e. The molecule has 0 radical (unpaired) electrons. The number of aliphatic hydroxyl groups is 1. The average Bonchev–Trinajstić information content (AvgIpc) is 3.31. The Labute approximate surface area is 205 Å². The van der Waals surface area contributed by atoms with Crippen molar-refractivity contribution in [3.63, 3.8) is 0 Å². The third-order valence-electron chi connectivity index (χ3n) is 6.70. The Balaban J connectivity index is 1.73. The molecule has 0 spiro atoms. The number of aromatic nitrogens is 1. The minimum Gasteiger partial charge on any atom is -0.495 e. The molecule has 0 amide bonds. The quantitative estimate of drug-likeness (QED) is 0.547. The first kappa shape index (κ1) is 22.8. The van der Waals surface area contributed by atoms with Gasteiger partial charge >= 0.3 is 0 Å². The zero-order chi connectivity index (χ0) is 23.8. The van der Waals surface area contributed by atoms with Crippen molar-refractivity contribution in [1.29, 1.82) is 0 Å². The Hall–Kier alpha value is -2.93. The summed E-state index contributed by atoms with van der Waals surface area (Å²) in [5.41, 5.74) is 7.08. The summed E-state index contributed by atoms with van der Waals surface area (Å²) in [6.45, 7) is 7.55. The molecule has 1 aromatic heterocycles. The first-order chi connectivity index (χ1) is 16.5. The summed E-state index contributed by atoms with van der Waals surface area (Å²) >= 11 is 6.82. The number of aliphatic hydroxyl groups excluding tert-OH is 1. The van der Waals surface area contributed by atoms with Crippen LogP contribution in [-0.4, -0.2) is 54.0 Å².